The first-order valence-electron chi connectivity index (χ1n) is 7.24. The third-order valence-electron chi connectivity index (χ3n) is 3.39. The largest absolute Gasteiger partial charge is 0.465 e. The predicted octanol–water partition coefficient (Wildman–Crippen LogP) is 2.51. The smallest absolute Gasteiger partial charge is 0.326 e. The van der Waals surface area contributed by atoms with E-state index in [0.29, 0.717) is 25.9 Å². The lowest BCUT2D eigenvalue weighted by Crippen LogP contribution is -2.59. The van der Waals surface area contributed by atoms with Crippen LogP contribution in [0.5, 0.6) is 0 Å². The van der Waals surface area contributed by atoms with Crippen LogP contribution in [0.2, 0.25) is 0 Å². The lowest BCUT2D eigenvalue weighted by molar-refractivity contribution is -0.156. The van der Waals surface area contributed by atoms with Gasteiger partial charge < -0.3 is 9.47 Å². The van der Waals surface area contributed by atoms with E-state index in [-0.39, 0.29) is 18.1 Å². The zero-order valence-corrected chi connectivity index (χ0v) is 12.5. The third kappa shape index (κ3) is 4.98. The summed E-state index contributed by atoms with van der Waals surface area (Å²) in [6, 6.07) is 0.105. The Morgan fingerprint density at radius 3 is 2.70 bits per heavy atom. The number of hydrogen-bond donors (Lipinski definition) is 1. The van der Waals surface area contributed by atoms with Gasteiger partial charge in [-0.1, -0.05) is 0 Å². The second-order valence-corrected chi connectivity index (χ2v) is 5.54. The highest BCUT2D eigenvalue weighted by molar-refractivity contribution is 5.81. The zero-order valence-electron chi connectivity index (χ0n) is 12.5. The topological polar surface area (TPSA) is 47.6 Å². The first-order chi connectivity index (χ1) is 9.39. The number of ether oxygens (including phenoxy) is 2. The van der Waals surface area contributed by atoms with E-state index < -0.39 is 18.6 Å². The number of nitrogens with one attached hydrogen (secondary N) is 1. The molecule has 0 aliphatic heterocycles. The van der Waals surface area contributed by atoms with Gasteiger partial charge in [-0.3, -0.25) is 10.1 Å². The maximum Gasteiger partial charge on any atom is 0.326 e. The minimum Gasteiger partial charge on any atom is -0.465 e. The maximum atomic E-state index is 12.3. The van der Waals surface area contributed by atoms with Crippen LogP contribution in [0.15, 0.2) is 0 Å². The van der Waals surface area contributed by atoms with Gasteiger partial charge in [-0.25, -0.2) is 8.78 Å². The quantitative estimate of drug-likeness (QED) is 0.733. The Bertz CT molecular complexity index is 313. The van der Waals surface area contributed by atoms with E-state index in [2.05, 4.69) is 5.32 Å². The van der Waals surface area contributed by atoms with Gasteiger partial charge in [-0.05, 0) is 40.0 Å². The minimum absolute atomic E-state index is 0.105. The molecule has 2 atom stereocenters. The lowest BCUT2D eigenvalue weighted by Gasteiger charge is -2.40. The molecule has 0 heterocycles. The Kier molecular flexibility index (Phi) is 6.82. The second-order valence-electron chi connectivity index (χ2n) is 5.54. The summed E-state index contributed by atoms with van der Waals surface area (Å²) >= 11 is 0. The average Bonchev–Trinajstić information content (AvgIpc) is 2.36. The number of hydrogen-bond acceptors (Lipinski definition) is 4. The van der Waals surface area contributed by atoms with Gasteiger partial charge in [-0.2, -0.15) is 0 Å². The summed E-state index contributed by atoms with van der Waals surface area (Å²) in [5, 5.41) is 3.26. The highest BCUT2D eigenvalue weighted by atomic mass is 19.3. The molecule has 1 aliphatic rings. The molecule has 0 spiro atoms. The van der Waals surface area contributed by atoms with Crippen molar-refractivity contribution in [1.29, 1.82) is 0 Å². The summed E-state index contributed by atoms with van der Waals surface area (Å²) < 4.78 is 34.8. The third-order valence-corrected chi connectivity index (χ3v) is 3.39. The summed E-state index contributed by atoms with van der Waals surface area (Å²) in [5.74, 6) is -0.306. The van der Waals surface area contributed by atoms with Crippen molar-refractivity contribution in [2.75, 3.05) is 13.2 Å². The van der Waals surface area contributed by atoms with Crippen molar-refractivity contribution in [3.63, 3.8) is 0 Å². The van der Waals surface area contributed by atoms with Crippen LogP contribution in [-0.4, -0.2) is 43.3 Å². The van der Waals surface area contributed by atoms with Crippen LogP contribution in [-0.2, 0) is 14.3 Å². The predicted molar refractivity (Wildman–Crippen MR) is 71.8 cm³/mol. The van der Waals surface area contributed by atoms with Gasteiger partial charge in [0.1, 0.15) is 12.1 Å². The molecule has 0 aromatic carbocycles. The van der Waals surface area contributed by atoms with Gasteiger partial charge in [0, 0.05) is 12.5 Å². The molecule has 0 radical (unpaired) electrons. The van der Waals surface area contributed by atoms with Crippen LogP contribution < -0.4 is 5.32 Å². The van der Waals surface area contributed by atoms with Crippen molar-refractivity contribution in [3.05, 3.63) is 0 Å². The molecule has 1 saturated carbocycles. The standard InChI is InChI=1S/C14H25F2NO3/c1-4-19-13(18)14(17-10(2)3)7-5-6-11(8-14)20-9-12(15)16/h10-12,17H,4-9H2,1-3H3. The zero-order chi connectivity index (χ0) is 15.2. The molecule has 1 fully saturated rings. The fourth-order valence-corrected chi connectivity index (χ4v) is 2.77. The summed E-state index contributed by atoms with van der Waals surface area (Å²) in [6.45, 7) is 5.39. The van der Waals surface area contributed by atoms with Crippen molar-refractivity contribution < 1.29 is 23.0 Å². The molecule has 0 amide bonds. The van der Waals surface area contributed by atoms with Crippen molar-refractivity contribution in [3.8, 4) is 0 Å². The van der Waals surface area contributed by atoms with Crippen molar-refractivity contribution in [2.24, 2.45) is 0 Å². The molecule has 1 aliphatic carbocycles. The Balaban J connectivity index is 2.73. The fraction of sp³-hybridized carbons (Fsp3) is 0.929. The summed E-state index contributed by atoms with van der Waals surface area (Å²) in [7, 11) is 0. The van der Waals surface area contributed by atoms with Gasteiger partial charge in [0.2, 0.25) is 0 Å². The van der Waals surface area contributed by atoms with E-state index >= 15 is 0 Å². The van der Waals surface area contributed by atoms with Gasteiger partial charge in [0.05, 0.1) is 12.7 Å². The minimum atomic E-state index is -2.48. The van der Waals surface area contributed by atoms with Gasteiger partial charge in [0.15, 0.2) is 0 Å². The number of rotatable bonds is 7. The average molecular weight is 293 g/mol. The molecule has 6 heteroatoms. The van der Waals surface area contributed by atoms with Crippen LogP contribution in [0.3, 0.4) is 0 Å². The van der Waals surface area contributed by atoms with Gasteiger partial charge in [0.25, 0.3) is 6.43 Å². The molecule has 1 rings (SSSR count). The van der Waals surface area contributed by atoms with E-state index in [1.807, 2.05) is 13.8 Å². The normalized spacial score (nSPS) is 27.1. The highest BCUT2D eigenvalue weighted by Crippen LogP contribution is 2.32. The fourth-order valence-electron chi connectivity index (χ4n) is 2.77. The van der Waals surface area contributed by atoms with Gasteiger partial charge >= 0.3 is 5.97 Å². The summed E-state index contributed by atoms with van der Waals surface area (Å²) in [4.78, 5) is 12.3. The number of alkyl halides is 2. The Hall–Kier alpha value is -0.750. The van der Waals surface area contributed by atoms with E-state index in [9.17, 15) is 13.6 Å². The first-order valence-corrected chi connectivity index (χ1v) is 7.24. The van der Waals surface area contributed by atoms with Crippen LogP contribution in [0.4, 0.5) is 8.78 Å². The molecular weight excluding hydrogens is 268 g/mol. The molecule has 1 N–H and O–H groups in total. The Morgan fingerprint density at radius 2 is 2.15 bits per heavy atom. The second kappa shape index (κ2) is 7.88. The van der Waals surface area contributed by atoms with Crippen molar-refractivity contribution in [2.45, 2.75) is 70.6 Å². The molecule has 0 aromatic heterocycles. The van der Waals surface area contributed by atoms with E-state index in [0.717, 1.165) is 6.42 Å². The summed E-state index contributed by atoms with van der Waals surface area (Å²) in [5.41, 5.74) is -0.810. The van der Waals surface area contributed by atoms with Crippen molar-refractivity contribution in [1.82, 2.24) is 5.32 Å². The molecule has 4 nitrogen and oxygen atoms in total. The molecule has 2 unspecified atom stereocenters. The molecule has 0 aromatic rings. The van der Waals surface area contributed by atoms with E-state index in [1.165, 1.54) is 0 Å². The maximum absolute atomic E-state index is 12.3. The summed E-state index contributed by atoms with van der Waals surface area (Å²) in [6.07, 6.45) is -0.310. The molecule has 0 saturated heterocycles. The number of carbonyl (C=O) groups excluding carboxylic acids is 1. The van der Waals surface area contributed by atoms with Crippen molar-refractivity contribution >= 4 is 5.97 Å². The SMILES string of the molecule is CCOC(=O)C1(NC(C)C)CCCC(OCC(F)F)C1. The Labute approximate surface area is 119 Å². The van der Waals surface area contributed by atoms with Gasteiger partial charge in [-0.15, -0.1) is 0 Å². The molecule has 0 bridgehead atoms. The van der Waals surface area contributed by atoms with Crippen LogP contribution in [0, 0.1) is 0 Å². The first kappa shape index (κ1) is 17.3. The number of halogens is 2. The van der Waals surface area contributed by atoms with Crippen LogP contribution >= 0.6 is 0 Å². The van der Waals surface area contributed by atoms with Crippen LogP contribution in [0.1, 0.15) is 46.5 Å². The molecule has 118 valence electrons. The number of esters is 1. The number of carbonyl (C=O) groups is 1. The Morgan fingerprint density at radius 1 is 1.45 bits per heavy atom. The molecular formula is C14H25F2NO3. The lowest BCUT2D eigenvalue weighted by atomic mass is 9.79. The van der Waals surface area contributed by atoms with E-state index in [4.69, 9.17) is 9.47 Å². The highest BCUT2D eigenvalue weighted by Gasteiger charge is 2.44. The monoisotopic (exact) mass is 293 g/mol. The molecule has 20 heavy (non-hydrogen) atoms. The van der Waals surface area contributed by atoms with E-state index in [1.54, 1.807) is 6.92 Å². The van der Waals surface area contributed by atoms with Crippen LogP contribution in [0.25, 0.3) is 0 Å².